The van der Waals surface area contributed by atoms with Crippen molar-refractivity contribution in [2.45, 2.75) is 37.8 Å². The van der Waals surface area contributed by atoms with E-state index in [0.717, 1.165) is 38.0 Å². The van der Waals surface area contributed by atoms with E-state index in [-0.39, 0.29) is 6.09 Å². The van der Waals surface area contributed by atoms with E-state index in [4.69, 9.17) is 4.74 Å². The van der Waals surface area contributed by atoms with E-state index in [1.54, 1.807) is 0 Å². The Labute approximate surface area is 161 Å². The fourth-order valence-electron chi connectivity index (χ4n) is 3.94. The number of benzene rings is 2. The third kappa shape index (κ3) is 4.89. The predicted octanol–water partition coefficient (Wildman–Crippen LogP) is 4.18. The number of likely N-dealkylation sites (tertiary alicyclic amines) is 1. The number of piperidine rings is 1. The summed E-state index contributed by atoms with van der Waals surface area (Å²) in [5.74, 6) is 1.33. The molecule has 1 aliphatic carbocycles. The Morgan fingerprint density at radius 1 is 1.00 bits per heavy atom. The predicted molar refractivity (Wildman–Crippen MR) is 107 cm³/mol. The number of carbonyl (C=O) groups is 1. The summed E-state index contributed by atoms with van der Waals surface area (Å²) in [4.78, 5) is 14.1. The molecule has 142 valence electrons. The summed E-state index contributed by atoms with van der Waals surface area (Å²) >= 11 is 0. The first-order valence-corrected chi connectivity index (χ1v) is 10.0. The number of nitrogens with zero attached hydrogens (tertiary/aromatic N) is 1. The Kier molecular flexibility index (Phi) is 5.73. The van der Waals surface area contributed by atoms with Crippen molar-refractivity contribution in [2.75, 3.05) is 19.6 Å². The van der Waals surface area contributed by atoms with Crippen molar-refractivity contribution in [3.63, 3.8) is 0 Å². The molecule has 1 aliphatic heterocycles. The fraction of sp³-hybridized carbons (Fsp3) is 0.435. The Morgan fingerprint density at radius 2 is 1.67 bits per heavy atom. The second-order valence-corrected chi connectivity index (χ2v) is 7.74. The molecule has 2 fully saturated rings. The van der Waals surface area contributed by atoms with Crippen LogP contribution in [0.4, 0.5) is 4.79 Å². The van der Waals surface area contributed by atoms with Gasteiger partial charge in [-0.1, -0.05) is 60.7 Å². The van der Waals surface area contributed by atoms with Gasteiger partial charge in [0.2, 0.25) is 0 Å². The summed E-state index contributed by atoms with van der Waals surface area (Å²) in [6.07, 6.45) is 3.16. The van der Waals surface area contributed by atoms with Gasteiger partial charge in [-0.05, 0) is 42.9 Å². The Bertz CT molecular complexity index is 727. The topological polar surface area (TPSA) is 41.6 Å². The molecule has 27 heavy (non-hydrogen) atoms. The molecule has 2 unspecified atom stereocenters. The average molecular weight is 364 g/mol. The van der Waals surface area contributed by atoms with E-state index >= 15 is 0 Å². The molecule has 2 atom stereocenters. The van der Waals surface area contributed by atoms with Crippen molar-refractivity contribution in [1.82, 2.24) is 10.2 Å². The van der Waals surface area contributed by atoms with Gasteiger partial charge in [0.15, 0.2) is 0 Å². The van der Waals surface area contributed by atoms with Crippen LogP contribution in [0.15, 0.2) is 60.7 Å². The van der Waals surface area contributed by atoms with Crippen LogP contribution in [-0.4, -0.2) is 36.7 Å². The molecule has 4 rings (SSSR count). The van der Waals surface area contributed by atoms with Crippen molar-refractivity contribution < 1.29 is 9.53 Å². The van der Waals surface area contributed by atoms with Gasteiger partial charge < -0.3 is 15.0 Å². The summed E-state index contributed by atoms with van der Waals surface area (Å²) in [5.41, 5.74) is 2.48. The van der Waals surface area contributed by atoms with Crippen LogP contribution < -0.4 is 5.32 Å². The monoisotopic (exact) mass is 364 g/mol. The second kappa shape index (κ2) is 8.57. The highest BCUT2D eigenvalue weighted by atomic mass is 16.6. The van der Waals surface area contributed by atoms with Crippen LogP contribution in [0.3, 0.4) is 0 Å². The van der Waals surface area contributed by atoms with E-state index in [1.807, 2.05) is 35.2 Å². The van der Waals surface area contributed by atoms with E-state index in [2.05, 4.69) is 35.6 Å². The number of carbonyl (C=O) groups excluding carboxylic acids is 1. The van der Waals surface area contributed by atoms with Gasteiger partial charge in [-0.25, -0.2) is 4.79 Å². The lowest BCUT2D eigenvalue weighted by atomic mass is 9.97. The van der Waals surface area contributed by atoms with Crippen molar-refractivity contribution >= 4 is 6.09 Å². The van der Waals surface area contributed by atoms with Crippen LogP contribution in [0.1, 0.15) is 36.3 Å². The highest BCUT2D eigenvalue weighted by Crippen LogP contribution is 2.40. The lowest BCUT2D eigenvalue weighted by Crippen LogP contribution is -2.41. The molecule has 0 radical (unpaired) electrons. The minimum atomic E-state index is -0.184. The van der Waals surface area contributed by atoms with Crippen molar-refractivity contribution in [1.29, 1.82) is 0 Å². The first kappa shape index (κ1) is 18.1. The van der Waals surface area contributed by atoms with Crippen molar-refractivity contribution in [2.24, 2.45) is 5.92 Å². The number of nitrogens with one attached hydrogen (secondary N) is 1. The molecule has 2 aromatic carbocycles. The first-order chi connectivity index (χ1) is 13.3. The molecule has 0 aromatic heterocycles. The van der Waals surface area contributed by atoms with Crippen LogP contribution in [0, 0.1) is 5.92 Å². The highest BCUT2D eigenvalue weighted by Gasteiger charge is 2.38. The van der Waals surface area contributed by atoms with E-state index in [1.165, 1.54) is 12.0 Å². The molecular formula is C23H28N2O2. The van der Waals surface area contributed by atoms with Crippen LogP contribution in [0.5, 0.6) is 0 Å². The summed E-state index contributed by atoms with van der Waals surface area (Å²) < 4.78 is 5.45. The maximum atomic E-state index is 12.2. The Hall–Kier alpha value is -2.33. The van der Waals surface area contributed by atoms with Crippen LogP contribution in [0.25, 0.3) is 0 Å². The number of ether oxygens (including phenoxy) is 1. The summed E-state index contributed by atoms with van der Waals surface area (Å²) in [6, 6.07) is 21.2. The highest BCUT2D eigenvalue weighted by molar-refractivity contribution is 5.67. The van der Waals surface area contributed by atoms with Gasteiger partial charge in [-0.15, -0.1) is 0 Å². The minimum absolute atomic E-state index is 0.184. The molecule has 4 nitrogen and oxygen atoms in total. The quantitative estimate of drug-likeness (QED) is 0.836. The van der Waals surface area contributed by atoms with Gasteiger partial charge in [0.1, 0.15) is 6.61 Å². The van der Waals surface area contributed by atoms with E-state index < -0.39 is 0 Å². The first-order valence-electron chi connectivity index (χ1n) is 10.0. The summed E-state index contributed by atoms with van der Waals surface area (Å²) in [5, 5.41) is 3.73. The lowest BCUT2D eigenvalue weighted by molar-refractivity contribution is 0.0821. The number of hydrogen-bond donors (Lipinski definition) is 1. The molecule has 2 aromatic rings. The second-order valence-electron chi connectivity index (χ2n) is 7.74. The molecule has 2 aliphatic rings. The van der Waals surface area contributed by atoms with Crippen molar-refractivity contribution in [3.8, 4) is 0 Å². The van der Waals surface area contributed by atoms with Gasteiger partial charge in [0, 0.05) is 25.0 Å². The number of amides is 1. The normalized spacial score (nSPS) is 22.4. The average Bonchev–Trinajstić information content (AvgIpc) is 3.52. The van der Waals surface area contributed by atoms with E-state index in [0.29, 0.717) is 24.5 Å². The van der Waals surface area contributed by atoms with Crippen molar-refractivity contribution in [3.05, 3.63) is 71.8 Å². The molecule has 4 heteroatoms. The van der Waals surface area contributed by atoms with E-state index in [9.17, 15) is 4.79 Å². The fourth-order valence-corrected chi connectivity index (χ4v) is 3.94. The van der Waals surface area contributed by atoms with Gasteiger partial charge >= 0.3 is 6.09 Å². The van der Waals surface area contributed by atoms with Crippen LogP contribution >= 0.6 is 0 Å². The largest absolute Gasteiger partial charge is 0.445 e. The minimum Gasteiger partial charge on any atom is -0.445 e. The maximum Gasteiger partial charge on any atom is 0.410 e. The third-order valence-electron chi connectivity index (χ3n) is 5.76. The molecule has 1 N–H and O–H groups in total. The summed E-state index contributed by atoms with van der Waals surface area (Å²) in [7, 11) is 0. The van der Waals surface area contributed by atoms with Gasteiger partial charge in [-0.2, -0.15) is 0 Å². The molecule has 1 amide bonds. The molecule has 1 heterocycles. The third-order valence-corrected chi connectivity index (χ3v) is 5.76. The molecule has 1 saturated carbocycles. The Balaban J connectivity index is 1.14. The Morgan fingerprint density at radius 3 is 2.37 bits per heavy atom. The zero-order chi connectivity index (χ0) is 18.5. The zero-order valence-corrected chi connectivity index (χ0v) is 15.7. The standard InChI is InChI=1S/C23H28N2O2/c26-23(27-17-19-7-3-1-4-8-19)25-13-11-18(12-14-25)16-24-22-15-21(22)20-9-5-2-6-10-20/h1-10,18,21-22,24H,11-17H2. The molecule has 1 saturated heterocycles. The van der Waals surface area contributed by atoms with Crippen LogP contribution in [0.2, 0.25) is 0 Å². The van der Waals surface area contributed by atoms with Gasteiger partial charge in [0.25, 0.3) is 0 Å². The lowest BCUT2D eigenvalue weighted by Gasteiger charge is -2.31. The van der Waals surface area contributed by atoms with Gasteiger partial charge in [-0.3, -0.25) is 0 Å². The van der Waals surface area contributed by atoms with Crippen LogP contribution in [-0.2, 0) is 11.3 Å². The smallest absolute Gasteiger partial charge is 0.410 e. The zero-order valence-electron chi connectivity index (χ0n) is 15.7. The molecule has 0 bridgehead atoms. The molecule has 0 spiro atoms. The maximum absolute atomic E-state index is 12.2. The summed E-state index contributed by atoms with van der Waals surface area (Å²) in [6.45, 7) is 3.00. The SMILES string of the molecule is O=C(OCc1ccccc1)N1CCC(CNC2CC2c2ccccc2)CC1. The number of hydrogen-bond acceptors (Lipinski definition) is 3. The molecular weight excluding hydrogens is 336 g/mol. The number of rotatable bonds is 6. The van der Waals surface area contributed by atoms with Gasteiger partial charge in [0.05, 0.1) is 0 Å².